The molecule has 7 heteroatoms. The van der Waals surface area contributed by atoms with Crippen molar-refractivity contribution in [2.45, 2.75) is 20.8 Å². The Balaban J connectivity index is 2.98. The molecular weight excluding hydrogens is 287 g/mol. The smallest absolute Gasteiger partial charge is 0.233 e. The highest BCUT2D eigenvalue weighted by Gasteiger charge is 2.22. The van der Waals surface area contributed by atoms with E-state index < -0.39 is 21.3 Å². The highest BCUT2D eigenvalue weighted by molar-refractivity contribution is 7.92. The van der Waals surface area contributed by atoms with E-state index in [2.05, 4.69) is 4.72 Å². The molecule has 0 spiro atoms. The molecule has 1 aromatic rings. The van der Waals surface area contributed by atoms with Crippen molar-refractivity contribution in [3.63, 3.8) is 0 Å². The van der Waals surface area contributed by atoms with Crippen molar-refractivity contribution in [2.75, 3.05) is 10.5 Å². The van der Waals surface area contributed by atoms with Crippen molar-refractivity contribution in [3.8, 4) is 0 Å². The Hall–Kier alpha value is -1.21. The average Bonchev–Trinajstić information content (AvgIpc) is 2.16. The molecular formula is C12H17FN2O2S2. The van der Waals surface area contributed by atoms with Crippen LogP contribution in [0.2, 0.25) is 0 Å². The van der Waals surface area contributed by atoms with E-state index >= 15 is 0 Å². The molecule has 106 valence electrons. The Kier molecular flexibility index (Phi) is 4.52. The van der Waals surface area contributed by atoms with Crippen LogP contribution in [0.4, 0.5) is 10.1 Å². The van der Waals surface area contributed by atoms with Crippen LogP contribution in [0.1, 0.15) is 26.3 Å². The van der Waals surface area contributed by atoms with E-state index in [9.17, 15) is 12.8 Å². The van der Waals surface area contributed by atoms with Gasteiger partial charge in [0, 0.05) is 5.56 Å². The summed E-state index contributed by atoms with van der Waals surface area (Å²) in [6.45, 7) is 5.37. The first-order valence-electron chi connectivity index (χ1n) is 5.60. The third-order valence-electron chi connectivity index (χ3n) is 2.14. The van der Waals surface area contributed by atoms with E-state index in [4.69, 9.17) is 18.0 Å². The number of nitrogens with two attached hydrogens (primary N) is 1. The number of nitrogens with one attached hydrogen (secondary N) is 1. The second-order valence-corrected chi connectivity index (χ2v) is 7.64. The van der Waals surface area contributed by atoms with Crippen molar-refractivity contribution < 1.29 is 12.8 Å². The highest BCUT2D eigenvalue weighted by Crippen LogP contribution is 2.21. The van der Waals surface area contributed by atoms with Gasteiger partial charge in [0.2, 0.25) is 10.0 Å². The summed E-state index contributed by atoms with van der Waals surface area (Å²) in [4.78, 5) is 0.0583. The SMILES string of the molecule is CC(C)(C)CS(=O)(=O)Nc1ccc(C(N)=S)cc1F. The van der Waals surface area contributed by atoms with Crippen LogP contribution >= 0.6 is 12.2 Å². The van der Waals surface area contributed by atoms with Crippen LogP contribution < -0.4 is 10.5 Å². The molecule has 0 saturated carbocycles. The maximum absolute atomic E-state index is 13.7. The van der Waals surface area contributed by atoms with Crippen LogP contribution in [0.3, 0.4) is 0 Å². The van der Waals surface area contributed by atoms with E-state index in [1.165, 1.54) is 12.1 Å². The lowest BCUT2D eigenvalue weighted by molar-refractivity contribution is 0.463. The fraction of sp³-hybridized carbons (Fsp3) is 0.417. The Morgan fingerprint density at radius 1 is 1.42 bits per heavy atom. The van der Waals surface area contributed by atoms with Gasteiger partial charge in [-0.1, -0.05) is 33.0 Å². The lowest BCUT2D eigenvalue weighted by Crippen LogP contribution is -2.26. The van der Waals surface area contributed by atoms with Crippen LogP contribution in [0.25, 0.3) is 0 Å². The first kappa shape index (κ1) is 15.8. The quantitative estimate of drug-likeness (QED) is 0.837. The molecule has 3 N–H and O–H groups in total. The summed E-state index contributed by atoms with van der Waals surface area (Å²) in [5, 5.41) is 0. The van der Waals surface area contributed by atoms with E-state index in [0.717, 1.165) is 6.07 Å². The fourth-order valence-corrected chi connectivity index (χ4v) is 3.36. The van der Waals surface area contributed by atoms with Crippen LogP contribution in [0.5, 0.6) is 0 Å². The molecule has 0 atom stereocenters. The second-order valence-electron chi connectivity index (χ2n) is 5.48. The van der Waals surface area contributed by atoms with Gasteiger partial charge in [-0.2, -0.15) is 0 Å². The van der Waals surface area contributed by atoms with E-state index in [-0.39, 0.29) is 16.4 Å². The molecule has 0 aliphatic rings. The number of benzene rings is 1. The van der Waals surface area contributed by atoms with Crippen LogP contribution in [-0.2, 0) is 10.0 Å². The summed E-state index contributed by atoms with van der Waals surface area (Å²) in [5.74, 6) is -0.806. The number of hydrogen-bond acceptors (Lipinski definition) is 3. The number of thiocarbonyl (C=S) groups is 1. The van der Waals surface area contributed by atoms with Crippen LogP contribution in [0.15, 0.2) is 18.2 Å². The van der Waals surface area contributed by atoms with Gasteiger partial charge in [-0.25, -0.2) is 12.8 Å². The summed E-state index contributed by atoms with van der Waals surface area (Å²) in [7, 11) is -3.60. The minimum Gasteiger partial charge on any atom is -0.389 e. The predicted octanol–water partition coefficient (Wildman–Crippen LogP) is 2.25. The Morgan fingerprint density at radius 2 is 2.00 bits per heavy atom. The molecule has 0 bridgehead atoms. The Labute approximate surface area is 118 Å². The van der Waals surface area contributed by atoms with Gasteiger partial charge in [-0.05, 0) is 23.6 Å². The molecule has 0 saturated heterocycles. The zero-order valence-corrected chi connectivity index (χ0v) is 12.7. The lowest BCUT2D eigenvalue weighted by Gasteiger charge is -2.19. The van der Waals surface area contributed by atoms with E-state index in [1.54, 1.807) is 20.8 Å². The molecule has 1 aromatic carbocycles. The minimum atomic E-state index is -3.60. The van der Waals surface area contributed by atoms with Crippen molar-refractivity contribution in [1.29, 1.82) is 0 Å². The molecule has 0 aromatic heterocycles. The van der Waals surface area contributed by atoms with Gasteiger partial charge in [0.1, 0.15) is 10.8 Å². The van der Waals surface area contributed by atoms with Crippen LogP contribution in [-0.4, -0.2) is 19.2 Å². The maximum Gasteiger partial charge on any atom is 0.233 e. The third-order valence-corrected chi connectivity index (χ3v) is 4.15. The van der Waals surface area contributed by atoms with Crippen molar-refractivity contribution in [1.82, 2.24) is 0 Å². The van der Waals surface area contributed by atoms with Crippen LogP contribution in [0, 0.1) is 11.2 Å². The molecule has 1 rings (SSSR count). The first-order valence-corrected chi connectivity index (χ1v) is 7.66. The highest BCUT2D eigenvalue weighted by atomic mass is 32.2. The topological polar surface area (TPSA) is 72.2 Å². The van der Waals surface area contributed by atoms with E-state index in [0.29, 0.717) is 5.56 Å². The van der Waals surface area contributed by atoms with Gasteiger partial charge < -0.3 is 5.73 Å². The summed E-state index contributed by atoms with van der Waals surface area (Å²) < 4.78 is 39.7. The molecule has 19 heavy (non-hydrogen) atoms. The average molecular weight is 304 g/mol. The predicted molar refractivity (Wildman–Crippen MR) is 79.2 cm³/mol. The lowest BCUT2D eigenvalue weighted by atomic mass is 10.0. The maximum atomic E-state index is 13.7. The number of anilines is 1. The van der Waals surface area contributed by atoms with Crippen molar-refractivity contribution in [3.05, 3.63) is 29.6 Å². The zero-order valence-electron chi connectivity index (χ0n) is 11.0. The normalized spacial score (nSPS) is 12.2. The monoisotopic (exact) mass is 304 g/mol. The Bertz CT molecular complexity index is 592. The minimum absolute atomic E-state index is 0.0583. The number of halogens is 1. The fourth-order valence-electron chi connectivity index (χ4n) is 1.52. The standard InChI is InChI=1S/C12H17FN2O2S2/c1-12(2,3)7-19(16,17)15-10-5-4-8(11(14)18)6-9(10)13/h4-6,15H,7H2,1-3H3,(H2,14,18). The molecule has 0 aliphatic carbocycles. The molecule has 0 unspecified atom stereocenters. The molecule has 0 aliphatic heterocycles. The first-order chi connectivity index (χ1) is 8.50. The van der Waals surface area contributed by atoms with Crippen molar-refractivity contribution in [2.24, 2.45) is 11.1 Å². The van der Waals surface area contributed by atoms with Gasteiger partial charge >= 0.3 is 0 Å². The summed E-state index contributed by atoms with van der Waals surface area (Å²) in [5.41, 5.74) is 5.20. The van der Waals surface area contributed by atoms with Gasteiger partial charge in [0.05, 0.1) is 11.4 Å². The number of rotatable bonds is 4. The zero-order chi connectivity index (χ0) is 14.8. The molecule has 4 nitrogen and oxygen atoms in total. The third kappa shape index (κ3) is 5.12. The largest absolute Gasteiger partial charge is 0.389 e. The van der Waals surface area contributed by atoms with E-state index in [1.807, 2.05) is 0 Å². The molecule has 0 radical (unpaired) electrons. The van der Waals surface area contributed by atoms with Crippen molar-refractivity contribution >= 4 is 32.9 Å². The molecule has 0 fully saturated rings. The molecule has 0 amide bonds. The summed E-state index contributed by atoms with van der Waals surface area (Å²) in [6.07, 6.45) is 0. The van der Waals surface area contributed by atoms with Gasteiger partial charge in [0.15, 0.2) is 0 Å². The number of sulfonamides is 1. The molecule has 0 heterocycles. The van der Waals surface area contributed by atoms with Gasteiger partial charge in [0.25, 0.3) is 0 Å². The van der Waals surface area contributed by atoms with Gasteiger partial charge in [-0.3, -0.25) is 4.72 Å². The number of hydrogen-bond donors (Lipinski definition) is 2. The van der Waals surface area contributed by atoms with Gasteiger partial charge in [-0.15, -0.1) is 0 Å². The Morgan fingerprint density at radius 3 is 2.42 bits per heavy atom. The summed E-state index contributed by atoms with van der Waals surface area (Å²) in [6, 6.07) is 3.89. The second kappa shape index (κ2) is 5.42. The summed E-state index contributed by atoms with van der Waals surface area (Å²) >= 11 is 4.72.